The van der Waals surface area contributed by atoms with E-state index in [1.165, 1.54) is 0 Å². The average molecular weight is 447 g/mol. The molecule has 3 heterocycles. The predicted molar refractivity (Wildman–Crippen MR) is 113 cm³/mol. The Balaban J connectivity index is 1.32. The van der Waals surface area contributed by atoms with Gasteiger partial charge in [-0.05, 0) is 24.1 Å². The summed E-state index contributed by atoms with van der Waals surface area (Å²) in [4.78, 5) is 47.7. The van der Waals surface area contributed by atoms with E-state index in [4.69, 9.17) is 9.57 Å². The molecule has 1 atom stereocenters. The van der Waals surface area contributed by atoms with E-state index in [-0.39, 0.29) is 24.7 Å². The van der Waals surface area contributed by atoms with Gasteiger partial charge in [0.25, 0.3) is 11.8 Å². The molecule has 4 rings (SSSR count). The van der Waals surface area contributed by atoms with E-state index in [1.807, 2.05) is 30.0 Å². The van der Waals surface area contributed by atoms with E-state index >= 15 is 0 Å². The van der Waals surface area contributed by atoms with Gasteiger partial charge in [-0.3, -0.25) is 14.5 Å². The molecule has 0 radical (unpaired) electrons. The van der Waals surface area contributed by atoms with Gasteiger partial charge < -0.3 is 24.5 Å². The van der Waals surface area contributed by atoms with Crippen molar-refractivity contribution in [1.29, 1.82) is 0 Å². The number of ether oxygens (including phenoxy) is 1. The molecule has 10 nitrogen and oxygen atoms in total. The zero-order chi connectivity index (χ0) is 22.7. The Morgan fingerprint density at radius 2 is 1.81 bits per heavy atom. The predicted octanol–water partition coefficient (Wildman–Crippen LogP) is 0.577. The zero-order valence-electron chi connectivity index (χ0n) is 18.4. The van der Waals surface area contributed by atoms with Gasteiger partial charge >= 0.3 is 6.09 Å². The maximum atomic E-state index is 12.9. The molecular weight excluding hydrogens is 416 g/mol. The van der Waals surface area contributed by atoms with Gasteiger partial charge in [0.1, 0.15) is 0 Å². The van der Waals surface area contributed by atoms with Crippen molar-refractivity contribution in [2.75, 3.05) is 52.5 Å². The molecule has 32 heavy (non-hydrogen) atoms. The minimum Gasteiger partial charge on any atom is -0.378 e. The molecule has 1 aromatic carbocycles. The topological polar surface area (TPSA) is 103 Å². The van der Waals surface area contributed by atoms with Crippen molar-refractivity contribution < 1.29 is 29.1 Å². The number of nitrogens with zero attached hydrogens (tertiary/aromatic N) is 4. The fraction of sp³-hybridized carbons (Fsp3) is 0.591. The third-order valence-corrected chi connectivity index (χ3v) is 6.31. The van der Waals surface area contributed by atoms with Crippen LogP contribution >= 0.6 is 0 Å². The largest absolute Gasteiger partial charge is 0.434 e. The lowest BCUT2D eigenvalue weighted by Crippen LogP contribution is -2.50. The summed E-state index contributed by atoms with van der Waals surface area (Å²) in [6.45, 7) is 7.24. The highest BCUT2D eigenvalue weighted by Gasteiger charge is 2.35. The Hall–Kier alpha value is -2.69. The molecule has 3 saturated heterocycles. The van der Waals surface area contributed by atoms with Crippen molar-refractivity contribution in [3.8, 4) is 0 Å². The van der Waals surface area contributed by atoms with Gasteiger partial charge in [-0.2, -0.15) is 0 Å². The lowest BCUT2D eigenvalue weighted by Gasteiger charge is -2.35. The first kappa shape index (κ1) is 22.5. The van der Waals surface area contributed by atoms with Crippen LogP contribution in [0.4, 0.5) is 4.79 Å². The van der Waals surface area contributed by atoms with Crippen LogP contribution in [0.15, 0.2) is 18.2 Å². The minimum absolute atomic E-state index is 0.0406. The summed E-state index contributed by atoms with van der Waals surface area (Å²) in [5, 5.41) is 10.5. The smallest absolute Gasteiger partial charge is 0.378 e. The van der Waals surface area contributed by atoms with E-state index in [0.29, 0.717) is 59.0 Å². The van der Waals surface area contributed by atoms with Crippen LogP contribution in [-0.4, -0.2) is 101 Å². The molecular formula is C22H30N4O6. The molecule has 3 fully saturated rings. The molecule has 1 unspecified atom stereocenters. The summed E-state index contributed by atoms with van der Waals surface area (Å²) >= 11 is 0. The number of morpholine rings is 1. The van der Waals surface area contributed by atoms with Crippen molar-refractivity contribution in [2.24, 2.45) is 0 Å². The standard InChI is InChI=1S/C22H30N4O6/c1-16-17(3-2-4-18(16)21(29)24-11-13-31-14-12-24)15-23-7-9-25(10-8-23)22(30)32-26-19(27)5-6-20(26)28/h2-4,19,27H,5-15H2,1H3. The molecule has 0 saturated carbocycles. The third kappa shape index (κ3) is 4.87. The minimum atomic E-state index is -1.07. The number of aliphatic hydroxyl groups is 1. The molecule has 3 aliphatic rings. The van der Waals surface area contributed by atoms with Crippen LogP contribution in [0.3, 0.4) is 0 Å². The number of carbonyl (C=O) groups excluding carboxylic acids is 3. The van der Waals surface area contributed by atoms with Crippen LogP contribution in [0.5, 0.6) is 0 Å². The molecule has 3 amide bonds. The molecule has 0 aromatic heterocycles. The highest BCUT2D eigenvalue weighted by Crippen LogP contribution is 2.21. The van der Waals surface area contributed by atoms with Crippen LogP contribution in [0, 0.1) is 6.92 Å². The van der Waals surface area contributed by atoms with E-state index in [1.54, 1.807) is 4.90 Å². The summed E-state index contributed by atoms with van der Waals surface area (Å²) in [5.74, 6) is -0.342. The first-order chi connectivity index (χ1) is 15.4. The number of piperazine rings is 1. The molecule has 1 N–H and O–H groups in total. The Labute approximate surface area is 187 Å². The monoisotopic (exact) mass is 446 g/mol. The summed E-state index contributed by atoms with van der Waals surface area (Å²) in [6, 6.07) is 5.83. The van der Waals surface area contributed by atoms with Gasteiger partial charge in [-0.1, -0.05) is 12.1 Å². The molecule has 0 spiro atoms. The van der Waals surface area contributed by atoms with Crippen molar-refractivity contribution in [2.45, 2.75) is 32.5 Å². The Bertz CT molecular complexity index is 864. The number of amides is 3. The van der Waals surface area contributed by atoms with Gasteiger partial charge in [-0.15, -0.1) is 5.06 Å². The lowest BCUT2D eigenvalue weighted by atomic mass is 10.0. The molecule has 1 aromatic rings. The van der Waals surface area contributed by atoms with Gasteiger partial charge in [0.15, 0.2) is 6.23 Å². The van der Waals surface area contributed by atoms with Crippen molar-refractivity contribution in [3.63, 3.8) is 0 Å². The van der Waals surface area contributed by atoms with E-state index in [2.05, 4.69) is 4.90 Å². The van der Waals surface area contributed by atoms with Crippen molar-refractivity contribution in [1.82, 2.24) is 19.8 Å². The average Bonchev–Trinajstić information content (AvgIpc) is 3.13. The zero-order valence-corrected chi connectivity index (χ0v) is 18.4. The number of carbonyl (C=O) groups is 3. The maximum Gasteiger partial charge on any atom is 0.434 e. The Morgan fingerprint density at radius 1 is 1.09 bits per heavy atom. The molecule has 0 bridgehead atoms. The highest BCUT2D eigenvalue weighted by molar-refractivity contribution is 5.96. The SMILES string of the molecule is Cc1c(CN2CCN(C(=O)ON3C(=O)CCC3O)CC2)cccc1C(=O)N1CCOCC1. The van der Waals surface area contributed by atoms with E-state index in [9.17, 15) is 19.5 Å². The van der Waals surface area contributed by atoms with Crippen LogP contribution in [0.25, 0.3) is 0 Å². The van der Waals surface area contributed by atoms with Crippen molar-refractivity contribution >= 4 is 17.9 Å². The number of hydroxylamine groups is 2. The van der Waals surface area contributed by atoms with Gasteiger partial charge in [0.05, 0.1) is 13.2 Å². The fourth-order valence-corrected chi connectivity index (χ4v) is 4.25. The fourth-order valence-electron chi connectivity index (χ4n) is 4.25. The Kier molecular flexibility index (Phi) is 6.92. The van der Waals surface area contributed by atoms with Crippen LogP contribution in [0.1, 0.15) is 34.3 Å². The van der Waals surface area contributed by atoms with E-state index in [0.717, 1.165) is 21.8 Å². The maximum absolute atomic E-state index is 12.9. The van der Waals surface area contributed by atoms with Crippen LogP contribution in [0.2, 0.25) is 0 Å². The third-order valence-electron chi connectivity index (χ3n) is 6.31. The number of rotatable bonds is 4. The van der Waals surface area contributed by atoms with Crippen LogP contribution in [-0.2, 0) is 20.9 Å². The van der Waals surface area contributed by atoms with Gasteiger partial charge in [0.2, 0.25) is 0 Å². The molecule has 174 valence electrons. The second-order valence-corrected chi connectivity index (χ2v) is 8.35. The number of aliphatic hydroxyl groups excluding tert-OH is 1. The second kappa shape index (κ2) is 9.85. The molecule has 10 heteroatoms. The van der Waals surface area contributed by atoms with Gasteiger partial charge in [0, 0.05) is 64.2 Å². The number of hydrogen-bond acceptors (Lipinski definition) is 7. The first-order valence-corrected chi connectivity index (χ1v) is 11.1. The molecule has 3 aliphatic heterocycles. The summed E-state index contributed by atoms with van der Waals surface area (Å²) in [7, 11) is 0. The summed E-state index contributed by atoms with van der Waals surface area (Å²) in [5.41, 5.74) is 2.79. The number of benzene rings is 1. The summed E-state index contributed by atoms with van der Waals surface area (Å²) in [6.07, 6.45) is -1.24. The normalized spacial score (nSPS) is 22.4. The second-order valence-electron chi connectivity index (χ2n) is 8.35. The van der Waals surface area contributed by atoms with Gasteiger partial charge in [-0.25, -0.2) is 4.79 Å². The highest BCUT2D eigenvalue weighted by atomic mass is 16.7. The molecule has 0 aliphatic carbocycles. The first-order valence-electron chi connectivity index (χ1n) is 11.1. The van der Waals surface area contributed by atoms with Crippen LogP contribution < -0.4 is 0 Å². The van der Waals surface area contributed by atoms with Crippen molar-refractivity contribution in [3.05, 3.63) is 34.9 Å². The van der Waals surface area contributed by atoms with E-state index < -0.39 is 12.3 Å². The Morgan fingerprint density at radius 3 is 2.47 bits per heavy atom. The lowest BCUT2D eigenvalue weighted by molar-refractivity contribution is -0.194. The quantitative estimate of drug-likeness (QED) is 0.722. The number of hydrogen-bond donors (Lipinski definition) is 1. The summed E-state index contributed by atoms with van der Waals surface area (Å²) < 4.78 is 5.34.